The summed E-state index contributed by atoms with van der Waals surface area (Å²) < 4.78 is 4.42. The molecule has 0 aliphatic carbocycles. The Bertz CT molecular complexity index is 419. The van der Waals surface area contributed by atoms with Crippen LogP contribution in [0.3, 0.4) is 0 Å². The number of nitro groups is 1. The van der Waals surface area contributed by atoms with Crippen LogP contribution in [-0.2, 0) is 9.53 Å². The molecule has 86 valence electrons. The van der Waals surface area contributed by atoms with E-state index < -0.39 is 10.9 Å². The lowest BCUT2D eigenvalue weighted by Crippen LogP contribution is -2.15. The molecule has 1 aromatic rings. The first-order valence-electron chi connectivity index (χ1n) is 4.39. The van der Waals surface area contributed by atoms with E-state index in [1.165, 1.54) is 25.3 Å². The Morgan fingerprint density at radius 2 is 2.31 bits per heavy atom. The molecule has 0 saturated carbocycles. The highest BCUT2D eigenvalue weighted by atomic mass is 16.6. The summed E-state index contributed by atoms with van der Waals surface area (Å²) in [6.07, 6.45) is 0. The number of nitrogens with zero attached hydrogens (tertiary/aromatic N) is 1. The standard InChI is InChI=1S/C9H11N3O4/c1-16-9(13)5-11-8-3-2-6(12(14)15)4-7(8)10/h2-4,11H,5,10H2,1H3. The summed E-state index contributed by atoms with van der Waals surface area (Å²) in [6.45, 7) is -0.0431. The van der Waals surface area contributed by atoms with Gasteiger partial charge in [0.05, 0.1) is 23.4 Å². The summed E-state index contributed by atoms with van der Waals surface area (Å²) in [5.41, 5.74) is 6.13. The number of nitrogens with one attached hydrogen (secondary N) is 1. The molecule has 0 bridgehead atoms. The molecule has 0 amide bonds. The number of nitrogen functional groups attached to an aromatic ring is 1. The highest BCUT2D eigenvalue weighted by Crippen LogP contribution is 2.23. The van der Waals surface area contributed by atoms with Gasteiger partial charge in [-0.3, -0.25) is 14.9 Å². The van der Waals surface area contributed by atoms with Gasteiger partial charge in [-0.15, -0.1) is 0 Å². The highest BCUT2D eigenvalue weighted by Gasteiger charge is 2.09. The maximum Gasteiger partial charge on any atom is 0.325 e. The molecule has 7 nitrogen and oxygen atoms in total. The Morgan fingerprint density at radius 3 is 2.81 bits per heavy atom. The fourth-order valence-electron chi connectivity index (χ4n) is 1.06. The van der Waals surface area contributed by atoms with Gasteiger partial charge >= 0.3 is 5.97 Å². The van der Waals surface area contributed by atoms with Crippen molar-refractivity contribution >= 4 is 23.0 Å². The van der Waals surface area contributed by atoms with E-state index in [0.717, 1.165) is 0 Å². The number of hydrogen-bond acceptors (Lipinski definition) is 6. The van der Waals surface area contributed by atoms with E-state index in [0.29, 0.717) is 5.69 Å². The molecule has 0 aliphatic heterocycles. The third-order valence-corrected chi connectivity index (χ3v) is 1.90. The Morgan fingerprint density at radius 1 is 1.62 bits per heavy atom. The molecule has 0 aromatic heterocycles. The van der Waals surface area contributed by atoms with E-state index in [4.69, 9.17) is 5.73 Å². The Hall–Kier alpha value is -2.31. The first kappa shape index (κ1) is 11.8. The lowest BCUT2D eigenvalue weighted by molar-refractivity contribution is -0.384. The summed E-state index contributed by atoms with van der Waals surface area (Å²) in [4.78, 5) is 20.7. The molecular formula is C9H11N3O4. The number of benzene rings is 1. The number of ether oxygens (including phenoxy) is 1. The molecular weight excluding hydrogens is 214 g/mol. The maximum absolute atomic E-state index is 10.8. The number of non-ortho nitro benzene ring substituents is 1. The van der Waals surface area contributed by atoms with Crippen LogP contribution in [-0.4, -0.2) is 24.5 Å². The van der Waals surface area contributed by atoms with Crippen LogP contribution in [0, 0.1) is 10.1 Å². The number of rotatable bonds is 4. The largest absolute Gasteiger partial charge is 0.468 e. The zero-order chi connectivity index (χ0) is 12.1. The second-order valence-electron chi connectivity index (χ2n) is 2.96. The summed E-state index contributed by atoms with van der Waals surface area (Å²) in [6, 6.07) is 3.96. The van der Waals surface area contributed by atoms with Crippen LogP contribution < -0.4 is 11.1 Å². The number of methoxy groups -OCH3 is 1. The van der Waals surface area contributed by atoms with Crippen LogP contribution in [0.4, 0.5) is 17.1 Å². The van der Waals surface area contributed by atoms with E-state index in [1.807, 2.05) is 0 Å². The van der Waals surface area contributed by atoms with Gasteiger partial charge in [0.2, 0.25) is 0 Å². The fraction of sp³-hybridized carbons (Fsp3) is 0.222. The van der Waals surface area contributed by atoms with Gasteiger partial charge in [0.25, 0.3) is 5.69 Å². The number of nitro benzene ring substituents is 1. The molecule has 1 aromatic carbocycles. The minimum atomic E-state index is -0.541. The van der Waals surface area contributed by atoms with Crippen molar-refractivity contribution in [3.8, 4) is 0 Å². The number of esters is 1. The Labute approximate surface area is 91.3 Å². The van der Waals surface area contributed by atoms with Crippen molar-refractivity contribution < 1.29 is 14.5 Å². The van der Waals surface area contributed by atoms with Crippen molar-refractivity contribution in [2.24, 2.45) is 0 Å². The van der Waals surface area contributed by atoms with Gasteiger partial charge in [-0.2, -0.15) is 0 Å². The number of hydrogen-bond donors (Lipinski definition) is 2. The topological polar surface area (TPSA) is 107 Å². The van der Waals surface area contributed by atoms with Crippen LogP contribution in [0.15, 0.2) is 18.2 Å². The van der Waals surface area contributed by atoms with E-state index in [9.17, 15) is 14.9 Å². The van der Waals surface area contributed by atoms with Crippen molar-refractivity contribution in [2.75, 3.05) is 24.7 Å². The summed E-state index contributed by atoms with van der Waals surface area (Å²) in [5, 5.41) is 13.1. The number of carbonyl (C=O) groups excluding carboxylic acids is 1. The molecule has 0 spiro atoms. The van der Waals surface area contributed by atoms with Crippen LogP contribution in [0.1, 0.15) is 0 Å². The van der Waals surface area contributed by atoms with Gasteiger partial charge in [-0.25, -0.2) is 0 Å². The molecule has 16 heavy (non-hydrogen) atoms. The second-order valence-corrected chi connectivity index (χ2v) is 2.96. The highest BCUT2D eigenvalue weighted by molar-refractivity contribution is 5.78. The lowest BCUT2D eigenvalue weighted by atomic mass is 10.2. The van der Waals surface area contributed by atoms with E-state index in [1.54, 1.807) is 0 Å². The predicted molar refractivity (Wildman–Crippen MR) is 58.0 cm³/mol. The summed E-state index contributed by atoms with van der Waals surface area (Å²) in [5.74, 6) is -0.447. The van der Waals surface area contributed by atoms with Crippen LogP contribution in [0.25, 0.3) is 0 Å². The van der Waals surface area contributed by atoms with E-state index in [2.05, 4.69) is 10.1 Å². The number of anilines is 2. The van der Waals surface area contributed by atoms with Crippen molar-refractivity contribution in [3.63, 3.8) is 0 Å². The molecule has 0 radical (unpaired) electrons. The van der Waals surface area contributed by atoms with Crippen LogP contribution in [0.5, 0.6) is 0 Å². The minimum absolute atomic E-state index is 0.0431. The van der Waals surface area contributed by atoms with Crippen LogP contribution in [0.2, 0.25) is 0 Å². The molecule has 3 N–H and O–H groups in total. The van der Waals surface area contributed by atoms with Gasteiger partial charge in [0.1, 0.15) is 6.54 Å². The summed E-state index contributed by atoms with van der Waals surface area (Å²) >= 11 is 0. The van der Waals surface area contributed by atoms with Crippen molar-refractivity contribution in [1.29, 1.82) is 0 Å². The minimum Gasteiger partial charge on any atom is -0.468 e. The summed E-state index contributed by atoms with van der Waals surface area (Å²) in [7, 11) is 1.27. The predicted octanol–water partition coefficient (Wildman–Crippen LogP) is 0.762. The maximum atomic E-state index is 10.8. The normalized spacial score (nSPS) is 9.56. The monoisotopic (exact) mass is 225 g/mol. The average Bonchev–Trinajstić information content (AvgIpc) is 2.26. The van der Waals surface area contributed by atoms with Gasteiger partial charge in [0, 0.05) is 12.1 Å². The van der Waals surface area contributed by atoms with E-state index in [-0.39, 0.29) is 17.9 Å². The van der Waals surface area contributed by atoms with Gasteiger partial charge < -0.3 is 15.8 Å². The Balaban J connectivity index is 2.75. The van der Waals surface area contributed by atoms with Crippen molar-refractivity contribution in [3.05, 3.63) is 28.3 Å². The smallest absolute Gasteiger partial charge is 0.325 e. The van der Waals surface area contributed by atoms with Gasteiger partial charge in [0.15, 0.2) is 0 Å². The molecule has 0 saturated heterocycles. The SMILES string of the molecule is COC(=O)CNc1ccc([N+](=O)[O-])cc1N. The first-order valence-corrected chi connectivity index (χ1v) is 4.39. The van der Waals surface area contributed by atoms with Gasteiger partial charge in [-0.05, 0) is 6.07 Å². The second kappa shape index (κ2) is 4.96. The third-order valence-electron chi connectivity index (χ3n) is 1.90. The van der Waals surface area contributed by atoms with E-state index >= 15 is 0 Å². The molecule has 0 aliphatic rings. The number of carbonyl (C=O) groups is 1. The fourth-order valence-corrected chi connectivity index (χ4v) is 1.06. The quantitative estimate of drug-likeness (QED) is 0.339. The molecule has 0 heterocycles. The average molecular weight is 225 g/mol. The van der Waals surface area contributed by atoms with Gasteiger partial charge in [-0.1, -0.05) is 0 Å². The van der Waals surface area contributed by atoms with Crippen molar-refractivity contribution in [1.82, 2.24) is 0 Å². The molecule has 0 fully saturated rings. The third kappa shape index (κ3) is 2.84. The van der Waals surface area contributed by atoms with Crippen molar-refractivity contribution in [2.45, 2.75) is 0 Å². The zero-order valence-corrected chi connectivity index (χ0v) is 8.60. The lowest BCUT2D eigenvalue weighted by Gasteiger charge is -2.07. The zero-order valence-electron chi connectivity index (χ0n) is 8.60. The Kier molecular flexibility index (Phi) is 3.65. The first-order chi connectivity index (χ1) is 7.54. The molecule has 7 heteroatoms. The molecule has 0 atom stereocenters. The van der Waals surface area contributed by atoms with Crippen LogP contribution >= 0.6 is 0 Å². The molecule has 0 unspecified atom stereocenters. The molecule has 1 rings (SSSR count). The number of nitrogens with two attached hydrogens (primary N) is 1.